The van der Waals surface area contributed by atoms with Gasteiger partial charge in [0.15, 0.2) is 0 Å². The number of halogens is 1. The first-order chi connectivity index (χ1) is 8.13. The summed E-state index contributed by atoms with van der Waals surface area (Å²) in [6.45, 7) is 4.36. The summed E-state index contributed by atoms with van der Waals surface area (Å²) in [5, 5.41) is 5.03. The van der Waals surface area contributed by atoms with E-state index in [1.807, 2.05) is 32.0 Å². The first kappa shape index (κ1) is 12.1. The average Bonchev–Trinajstić information content (AvgIpc) is 2.58. The van der Waals surface area contributed by atoms with Crippen LogP contribution in [0.5, 0.6) is 0 Å². The van der Waals surface area contributed by atoms with Crippen molar-refractivity contribution in [3.05, 3.63) is 40.4 Å². The van der Waals surface area contributed by atoms with Gasteiger partial charge in [0.2, 0.25) is 0 Å². The zero-order valence-electron chi connectivity index (χ0n) is 9.94. The molecule has 4 nitrogen and oxygen atoms in total. The summed E-state index contributed by atoms with van der Waals surface area (Å²) in [6.07, 6.45) is 0.772. The van der Waals surface area contributed by atoms with E-state index in [-0.39, 0.29) is 0 Å². The number of hydrogen-bond acceptors (Lipinski definition) is 3. The van der Waals surface area contributed by atoms with E-state index in [2.05, 4.69) is 10.1 Å². The van der Waals surface area contributed by atoms with E-state index in [0.29, 0.717) is 11.6 Å². The summed E-state index contributed by atoms with van der Waals surface area (Å²) >= 11 is 6.25. The number of para-hydroxylation sites is 1. The molecule has 90 valence electrons. The Hall–Kier alpha value is -1.39. The van der Waals surface area contributed by atoms with Crippen molar-refractivity contribution in [1.29, 1.82) is 0 Å². The van der Waals surface area contributed by atoms with Crippen LogP contribution < -0.4 is 5.73 Å². The van der Waals surface area contributed by atoms with Crippen LogP contribution in [0.3, 0.4) is 0 Å². The van der Waals surface area contributed by atoms with Gasteiger partial charge in [-0.3, -0.25) is 0 Å². The van der Waals surface area contributed by atoms with E-state index in [1.165, 1.54) is 0 Å². The summed E-state index contributed by atoms with van der Waals surface area (Å²) in [5.41, 5.74) is 7.59. The molecule has 1 aromatic heterocycles. The molecule has 1 aromatic carbocycles. The van der Waals surface area contributed by atoms with E-state index in [1.54, 1.807) is 4.68 Å². The Balaban J connectivity index is 2.61. The third-order valence-corrected chi connectivity index (χ3v) is 2.88. The number of aryl methyl sites for hydroxylation is 2. The van der Waals surface area contributed by atoms with Gasteiger partial charge < -0.3 is 5.73 Å². The fourth-order valence-electron chi connectivity index (χ4n) is 1.89. The van der Waals surface area contributed by atoms with Crippen molar-refractivity contribution in [2.75, 3.05) is 6.54 Å². The van der Waals surface area contributed by atoms with E-state index < -0.39 is 0 Å². The molecule has 2 rings (SSSR count). The molecule has 0 radical (unpaired) electrons. The Kier molecular flexibility index (Phi) is 3.45. The topological polar surface area (TPSA) is 56.7 Å². The molecule has 0 amide bonds. The summed E-state index contributed by atoms with van der Waals surface area (Å²) < 4.78 is 1.78. The summed E-state index contributed by atoms with van der Waals surface area (Å²) in [6, 6.07) is 5.80. The highest BCUT2D eigenvalue weighted by molar-refractivity contribution is 6.32. The minimum atomic E-state index is 0.583. The quantitative estimate of drug-likeness (QED) is 0.907. The molecule has 2 aromatic rings. The van der Waals surface area contributed by atoms with E-state index in [9.17, 15) is 0 Å². The molecule has 0 aliphatic rings. The van der Waals surface area contributed by atoms with Crippen molar-refractivity contribution in [3.8, 4) is 5.69 Å². The van der Waals surface area contributed by atoms with E-state index in [4.69, 9.17) is 17.3 Å². The monoisotopic (exact) mass is 250 g/mol. The zero-order valence-corrected chi connectivity index (χ0v) is 10.7. The molecule has 17 heavy (non-hydrogen) atoms. The number of rotatable bonds is 3. The molecule has 0 bridgehead atoms. The molecule has 0 unspecified atom stereocenters. The third kappa shape index (κ3) is 2.33. The average molecular weight is 251 g/mol. The van der Waals surface area contributed by atoms with E-state index in [0.717, 1.165) is 29.3 Å². The fraction of sp³-hybridized carbons (Fsp3) is 0.333. The van der Waals surface area contributed by atoms with Crippen LogP contribution in [0.1, 0.15) is 17.2 Å². The molecular weight excluding hydrogens is 236 g/mol. The second kappa shape index (κ2) is 4.85. The SMILES string of the molecule is Cc1nc(C)n(-c2c(Cl)cccc2CCN)n1. The minimum absolute atomic E-state index is 0.583. The maximum absolute atomic E-state index is 6.25. The molecule has 0 saturated heterocycles. The highest BCUT2D eigenvalue weighted by Crippen LogP contribution is 2.25. The maximum atomic E-state index is 6.25. The second-order valence-electron chi connectivity index (χ2n) is 3.90. The van der Waals surface area contributed by atoms with Crippen molar-refractivity contribution in [2.45, 2.75) is 20.3 Å². The van der Waals surface area contributed by atoms with Gasteiger partial charge in [-0.05, 0) is 38.4 Å². The molecule has 0 saturated carbocycles. The van der Waals surface area contributed by atoms with Crippen LogP contribution in [0.25, 0.3) is 5.69 Å². The molecule has 0 aliphatic carbocycles. The number of hydrogen-bond donors (Lipinski definition) is 1. The number of nitrogens with zero attached hydrogens (tertiary/aromatic N) is 3. The van der Waals surface area contributed by atoms with Crippen molar-refractivity contribution >= 4 is 11.6 Å². The van der Waals surface area contributed by atoms with Gasteiger partial charge in [0.1, 0.15) is 11.6 Å². The lowest BCUT2D eigenvalue weighted by Crippen LogP contribution is -2.09. The van der Waals surface area contributed by atoms with Gasteiger partial charge in [0.05, 0.1) is 10.7 Å². The zero-order chi connectivity index (χ0) is 12.4. The van der Waals surface area contributed by atoms with Gasteiger partial charge in [-0.1, -0.05) is 23.7 Å². The van der Waals surface area contributed by atoms with Gasteiger partial charge in [-0.2, -0.15) is 5.10 Å². The van der Waals surface area contributed by atoms with Crippen LogP contribution >= 0.6 is 11.6 Å². The Labute approximate surface area is 105 Å². The van der Waals surface area contributed by atoms with Gasteiger partial charge in [-0.15, -0.1) is 0 Å². The molecule has 0 spiro atoms. The van der Waals surface area contributed by atoms with Crippen LogP contribution in [0.4, 0.5) is 0 Å². The largest absolute Gasteiger partial charge is 0.330 e. The Bertz CT molecular complexity index is 533. The van der Waals surface area contributed by atoms with Crippen LogP contribution in [-0.2, 0) is 6.42 Å². The Morgan fingerprint density at radius 3 is 2.71 bits per heavy atom. The van der Waals surface area contributed by atoms with Crippen molar-refractivity contribution in [3.63, 3.8) is 0 Å². The normalized spacial score (nSPS) is 10.8. The smallest absolute Gasteiger partial charge is 0.148 e. The van der Waals surface area contributed by atoms with Crippen molar-refractivity contribution in [2.24, 2.45) is 5.73 Å². The first-order valence-electron chi connectivity index (χ1n) is 5.51. The molecule has 0 atom stereocenters. The summed E-state index contributed by atoms with van der Waals surface area (Å²) in [4.78, 5) is 4.29. The van der Waals surface area contributed by atoms with Crippen LogP contribution in [-0.4, -0.2) is 21.3 Å². The van der Waals surface area contributed by atoms with Gasteiger partial charge >= 0.3 is 0 Å². The van der Waals surface area contributed by atoms with Crippen molar-refractivity contribution in [1.82, 2.24) is 14.8 Å². The highest BCUT2D eigenvalue weighted by atomic mass is 35.5. The number of aromatic nitrogens is 3. The second-order valence-corrected chi connectivity index (χ2v) is 4.31. The first-order valence-corrected chi connectivity index (χ1v) is 5.89. The highest BCUT2D eigenvalue weighted by Gasteiger charge is 2.13. The number of nitrogens with two attached hydrogens (primary N) is 1. The third-order valence-electron chi connectivity index (χ3n) is 2.57. The predicted molar refractivity (Wildman–Crippen MR) is 68.6 cm³/mol. The molecule has 0 fully saturated rings. The van der Waals surface area contributed by atoms with Gasteiger partial charge in [0, 0.05) is 0 Å². The van der Waals surface area contributed by atoms with Crippen LogP contribution in [0, 0.1) is 13.8 Å². The Morgan fingerprint density at radius 1 is 1.35 bits per heavy atom. The van der Waals surface area contributed by atoms with Crippen molar-refractivity contribution < 1.29 is 0 Å². The summed E-state index contributed by atoms with van der Waals surface area (Å²) in [5.74, 6) is 1.56. The summed E-state index contributed by atoms with van der Waals surface area (Å²) in [7, 11) is 0. The van der Waals surface area contributed by atoms with Gasteiger partial charge in [-0.25, -0.2) is 9.67 Å². The standard InChI is InChI=1S/C12H15ClN4/c1-8-15-9(2)17(16-8)12-10(6-7-14)4-3-5-11(12)13/h3-5H,6-7,14H2,1-2H3. The van der Waals surface area contributed by atoms with Gasteiger partial charge in [0.25, 0.3) is 0 Å². The molecule has 2 N–H and O–H groups in total. The van der Waals surface area contributed by atoms with Crippen LogP contribution in [0.15, 0.2) is 18.2 Å². The molecule has 0 aliphatic heterocycles. The lowest BCUT2D eigenvalue weighted by Gasteiger charge is -2.11. The number of benzene rings is 1. The van der Waals surface area contributed by atoms with E-state index >= 15 is 0 Å². The lowest BCUT2D eigenvalue weighted by atomic mass is 10.1. The van der Waals surface area contributed by atoms with Crippen LogP contribution in [0.2, 0.25) is 5.02 Å². The predicted octanol–water partition coefficient (Wildman–Crippen LogP) is 2.04. The minimum Gasteiger partial charge on any atom is -0.330 e. The maximum Gasteiger partial charge on any atom is 0.148 e. The fourth-order valence-corrected chi connectivity index (χ4v) is 2.16. The lowest BCUT2D eigenvalue weighted by molar-refractivity contribution is 0.811. The molecular formula is C12H15ClN4. The molecule has 1 heterocycles. The molecule has 5 heteroatoms. The Morgan fingerprint density at radius 2 is 2.12 bits per heavy atom.